The zero-order chi connectivity index (χ0) is 21.6. The molecule has 7 nitrogen and oxygen atoms in total. The number of carbonyl (C=O) groups excluding carboxylic acids is 1. The van der Waals surface area contributed by atoms with Gasteiger partial charge in [0.1, 0.15) is 11.3 Å². The molecule has 0 bridgehead atoms. The lowest BCUT2D eigenvalue weighted by Crippen LogP contribution is -2.50. The topological polar surface area (TPSA) is 75.0 Å². The van der Waals surface area contributed by atoms with Crippen LogP contribution >= 0.6 is 0 Å². The fourth-order valence-electron chi connectivity index (χ4n) is 3.86. The first-order chi connectivity index (χ1) is 15.1. The second-order valence-electron chi connectivity index (χ2n) is 7.65. The van der Waals surface area contributed by atoms with Crippen LogP contribution in [0.2, 0.25) is 0 Å². The Labute approximate surface area is 181 Å². The molecule has 0 spiro atoms. The van der Waals surface area contributed by atoms with Gasteiger partial charge in [0.25, 0.3) is 0 Å². The maximum absolute atomic E-state index is 12.6. The molecule has 2 aromatic carbocycles. The maximum atomic E-state index is 12.6. The summed E-state index contributed by atoms with van der Waals surface area (Å²) in [7, 11) is 1.63. The second kappa shape index (κ2) is 9.66. The molecular formula is C24H27N3O4. The monoisotopic (exact) mass is 421 g/mol. The third-order valence-electron chi connectivity index (χ3n) is 5.63. The number of anilines is 1. The fraction of sp³-hybridized carbons (Fsp3) is 0.333. The average molecular weight is 421 g/mol. The number of hydrogen-bond donors (Lipinski definition) is 1. The standard InChI is InChI=1S/C24H27N3O4/c1-30-19-8-6-18(7-9-19)16-23(28)27-14-12-26(13-15-27)11-10-25-21-17-24(29)31-22-5-3-2-4-20(21)22/h2-9,17,25H,10-16H2,1H3. The molecule has 0 atom stereocenters. The Balaban J connectivity index is 1.24. The van der Waals surface area contributed by atoms with Gasteiger partial charge in [-0.15, -0.1) is 0 Å². The maximum Gasteiger partial charge on any atom is 0.338 e. The molecule has 1 aromatic heterocycles. The average Bonchev–Trinajstić information content (AvgIpc) is 2.80. The predicted molar refractivity (Wildman–Crippen MR) is 121 cm³/mol. The molecule has 1 aliphatic rings. The van der Waals surface area contributed by atoms with Gasteiger partial charge in [0, 0.05) is 50.7 Å². The highest BCUT2D eigenvalue weighted by Crippen LogP contribution is 2.20. The highest BCUT2D eigenvalue weighted by atomic mass is 16.5. The SMILES string of the molecule is COc1ccc(CC(=O)N2CCN(CCNc3cc(=O)oc4ccccc34)CC2)cc1. The molecule has 162 valence electrons. The van der Waals surface area contributed by atoms with Gasteiger partial charge in [-0.1, -0.05) is 24.3 Å². The number of rotatable bonds is 7. The highest BCUT2D eigenvalue weighted by molar-refractivity contribution is 5.89. The second-order valence-corrected chi connectivity index (χ2v) is 7.65. The summed E-state index contributed by atoms with van der Waals surface area (Å²) in [6, 6.07) is 16.6. The number of ether oxygens (including phenoxy) is 1. The number of piperazine rings is 1. The van der Waals surface area contributed by atoms with Gasteiger partial charge in [-0.05, 0) is 29.8 Å². The number of nitrogens with one attached hydrogen (secondary N) is 1. The molecule has 7 heteroatoms. The van der Waals surface area contributed by atoms with E-state index in [4.69, 9.17) is 9.15 Å². The van der Waals surface area contributed by atoms with Crippen LogP contribution in [0.4, 0.5) is 5.69 Å². The van der Waals surface area contributed by atoms with Crippen molar-refractivity contribution in [3.63, 3.8) is 0 Å². The molecule has 4 rings (SSSR count). The van der Waals surface area contributed by atoms with Crippen LogP contribution < -0.4 is 15.7 Å². The smallest absolute Gasteiger partial charge is 0.338 e. The number of benzene rings is 2. The van der Waals surface area contributed by atoms with Crippen molar-refractivity contribution in [2.45, 2.75) is 6.42 Å². The minimum atomic E-state index is -0.356. The van der Waals surface area contributed by atoms with Gasteiger partial charge in [0.2, 0.25) is 5.91 Å². The van der Waals surface area contributed by atoms with Crippen LogP contribution in [0.3, 0.4) is 0 Å². The molecule has 0 radical (unpaired) electrons. The number of hydrogen-bond acceptors (Lipinski definition) is 6. The minimum absolute atomic E-state index is 0.158. The summed E-state index contributed by atoms with van der Waals surface area (Å²) in [5.74, 6) is 0.952. The molecule has 2 heterocycles. The van der Waals surface area contributed by atoms with Crippen molar-refractivity contribution in [1.29, 1.82) is 0 Å². The number of carbonyl (C=O) groups is 1. The molecule has 1 saturated heterocycles. The van der Waals surface area contributed by atoms with Crippen molar-refractivity contribution < 1.29 is 13.9 Å². The predicted octanol–water partition coefficient (Wildman–Crippen LogP) is 2.60. The molecule has 1 fully saturated rings. The third kappa shape index (κ3) is 5.24. The quantitative estimate of drug-likeness (QED) is 0.591. The van der Waals surface area contributed by atoms with E-state index in [1.807, 2.05) is 47.4 Å². The van der Waals surface area contributed by atoms with Gasteiger partial charge < -0.3 is 19.4 Å². The van der Waals surface area contributed by atoms with Crippen molar-refractivity contribution in [3.05, 3.63) is 70.6 Å². The van der Waals surface area contributed by atoms with Gasteiger partial charge in [-0.3, -0.25) is 9.69 Å². The first-order valence-electron chi connectivity index (χ1n) is 10.5. The van der Waals surface area contributed by atoms with Gasteiger partial charge in [-0.2, -0.15) is 0 Å². The van der Waals surface area contributed by atoms with E-state index in [2.05, 4.69) is 10.2 Å². The van der Waals surface area contributed by atoms with Crippen molar-refractivity contribution in [3.8, 4) is 5.75 Å². The molecule has 0 aliphatic carbocycles. The van der Waals surface area contributed by atoms with Crippen molar-refractivity contribution >= 4 is 22.6 Å². The lowest BCUT2D eigenvalue weighted by molar-refractivity contribution is -0.132. The Kier molecular flexibility index (Phi) is 6.52. The zero-order valence-corrected chi connectivity index (χ0v) is 17.7. The van der Waals surface area contributed by atoms with Gasteiger partial charge >= 0.3 is 5.63 Å². The van der Waals surface area contributed by atoms with Crippen LogP contribution in [0.15, 0.2) is 63.8 Å². The van der Waals surface area contributed by atoms with E-state index < -0.39 is 0 Å². The number of amides is 1. The Hall–Kier alpha value is -3.32. The van der Waals surface area contributed by atoms with Gasteiger partial charge in [0.05, 0.1) is 19.2 Å². The van der Waals surface area contributed by atoms with E-state index in [9.17, 15) is 9.59 Å². The summed E-state index contributed by atoms with van der Waals surface area (Å²) < 4.78 is 10.4. The minimum Gasteiger partial charge on any atom is -0.497 e. The van der Waals surface area contributed by atoms with Crippen LogP contribution in [0.1, 0.15) is 5.56 Å². The summed E-state index contributed by atoms with van der Waals surface area (Å²) in [4.78, 5) is 28.6. The van der Waals surface area contributed by atoms with E-state index in [0.29, 0.717) is 18.5 Å². The van der Waals surface area contributed by atoms with E-state index in [1.165, 1.54) is 6.07 Å². The van der Waals surface area contributed by atoms with E-state index in [0.717, 1.165) is 55.1 Å². The number of methoxy groups -OCH3 is 1. The summed E-state index contributed by atoms with van der Waals surface area (Å²) >= 11 is 0. The molecule has 0 unspecified atom stereocenters. The molecule has 0 saturated carbocycles. The number of para-hydroxylation sites is 1. The van der Waals surface area contributed by atoms with Crippen LogP contribution in [0.5, 0.6) is 5.75 Å². The normalized spacial score (nSPS) is 14.5. The molecule has 1 N–H and O–H groups in total. The molecular weight excluding hydrogens is 394 g/mol. The van der Waals surface area contributed by atoms with Crippen molar-refractivity contribution in [2.24, 2.45) is 0 Å². The van der Waals surface area contributed by atoms with Crippen LogP contribution in [-0.2, 0) is 11.2 Å². The molecule has 1 aliphatic heterocycles. The van der Waals surface area contributed by atoms with Crippen LogP contribution in [-0.4, -0.2) is 62.1 Å². The zero-order valence-electron chi connectivity index (χ0n) is 17.7. The summed E-state index contributed by atoms with van der Waals surface area (Å²) in [6.45, 7) is 4.70. The Bertz CT molecular complexity index is 1090. The Morgan fingerprint density at radius 3 is 2.55 bits per heavy atom. The fourth-order valence-corrected chi connectivity index (χ4v) is 3.86. The number of fused-ring (bicyclic) bond motifs is 1. The highest BCUT2D eigenvalue weighted by Gasteiger charge is 2.21. The van der Waals surface area contributed by atoms with Crippen molar-refractivity contribution in [2.75, 3.05) is 51.7 Å². The number of nitrogens with zero attached hydrogens (tertiary/aromatic N) is 2. The Morgan fingerprint density at radius 1 is 1.06 bits per heavy atom. The van der Waals surface area contributed by atoms with E-state index in [1.54, 1.807) is 13.2 Å². The van der Waals surface area contributed by atoms with E-state index in [-0.39, 0.29) is 11.5 Å². The first-order valence-corrected chi connectivity index (χ1v) is 10.5. The lowest BCUT2D eigenvalue weighted by Gasteiger charge is -2.35. The first kappa shape index (κ1) is 20.9. The lowest BCUT2D eigenvalue weighted by atomic mass is 10.1. The Morgan fingerprint density at radius 2 is 1.81 bits per heavy atom. The van der Waals surface area contributed by atoms with Gasteiger partial charge in [0.15, 0.2) is 0 Å². The van der Waals surface area contributed by atoms with Gasteiger partial charge in [-0.25, -0.2) is 4.79 Å². The van der Waals surface area contributed by atoms with Crippen LogP contribution in [0.25, 0.3) is 11.0 Å². The summed E-state index contributed by atoms with van der Waals surface area (Å²) in [6.07, 6.45) is 0.412. The largest absolute Gasteiger partial charge is 0.497 e. The van der Waals surface area contributed by atoms with E-state index >= 15 is 0 Å². The molecule has 31 heavy (non-hydrogen) atoms. The van der Waals surface area contributed by atoms with Crippen LogP contribution in [0, 0.1) is 0 Å². The van der Waals surface area contributed by atoms with Crippen molar-refractivity contribution in [1.82, 2.24) is 9.80 Å². The third-order valence-corrected chi connectivity index (χ3v) is 5.63. The molecule has 1 amide bonds. The summed E-state index contributed by atoms with van der Waals surface area (Å²) in [5.41, 5.74) is 2.02. The summed E-state index contributed by atoms with van der Waals surface area (Å²) in [5, 5.41) is 4.26. The molecule has 3 aromatic rings.